The Morgan fingerprint density at radius 1 is 1.16 bits per heavy atom. The standard InChI is InChI=1S/C24H23F3N8O2/c25-24(26,27)16-5-6-30-18(11-16)32-23(36)15-3-1-14(2-4-15)19-20-21(29)31-7-8-35(20)22(33-19)17-12-34(13-28)9-10-37-17/h1-8,11,17H,9-10,12-13,28H2,(H2,29,31)(H,30,32,36)/t17-/m1/s1. The van der Waals surface area contributed by atoms with Crippen molar-refractivity contribution >= 4 is 23.1 Å². The molecule has 3 aromatic heterocycles. The summed E-state index contributed by atoms with van der Waals surface area (Å²) in [6.07, 6.45) is -0.546. The van der Waals surface area contributed by atoms with Crippen LogP contribution in [0.3, 0.4) is 0 Å². The highest BCUT2D eigenvalue weighted by Crippen LogP contribution is 2.33. The van der Waals surface area contributed by atoms with Gasteiger partial charge in [0.05, 0.1) is 12.2 Å². The van der Waals surface area contributed by atoms with Gasteiger partial charge >= 0.3 is 6.18 Å². The Morgan fingerprint density at radius 2 is 1.95 bits per heavy atom. The zero-order chi connectivity index (χ0) is 26.2. The smallest absolute Gasteiger partial charge is 0.382 e. The molecule has 4 aromatic rings. The monoisotopic (exact) mass is 512 g/mol. The predicted octanol–water partition coefficient (Wildman–Crippen LogP) is 2.93. The number of nitrogens with one attached hydrogen (secondary N) is 1. The minimum Gasteiger partial charge on any atom is -0.382 e. The molecule has 13 heteroatoms. The van der Waals surface area contributed by atoms with Gasteiger partial charge in [-0.15, -0.1) is 0 Å². The molecule has 5 rings (SSSR count). The Labute approximate surface area is 209 Å². The first kappa shape index (κ1) is 24.6. The Balaban J connectivity index is 1.43. The molecule has 1 atom stereocenters. The molecule has 0 bridgehead atoms. The molecule has 0 spiro atoms. The summed E-state index contributed by atoms with van der Waals surface area (Å²) in [5.41, 5.74) is 13.2. The highest BCUT2D eigenvalue weighted by molar-refractivity contribution is 6.04. The van der Waals surface area contributed by atoms with E-state index in [0.717, 1.165) is 24.9 Å². The number of nitrogens with zero attached hydrogens (tertiary/aromatic N) is 5. The molecule has 10 nitrogen and oxygen atoms in total. The second-order valence-corrected chi connectivity index (χ2v) is 8.43. The minimum atomic E-state index is -4.54. The van der Waals surface area contributed by atoms with E-state index in [1.165, 1.54) is 0 Å². The van der Waals surface area contributed by atoms with Gasteiger partial charge in [-0.05, 0) is 24.3 Å². The number of halogens is 3. The van der Waals surface area contributed by atoms with Crippen LogP contribution < -0.4 is 16.8 Å². The third-order valence-electron chi connectivity index (χ3n) is 6.06. The van der Waals surface area contributed by atoms with Gasteiger partial charge in [-0.25, -0.2) is 15.0 Å². The molecule has 192 valence electrons. The molecule has 1 aliphatic rings. The first-order valence-electron chi connectivity index (χ1n) is 11.4. The topological polar surface area (TPSA) is 137 Å². The third-order valence-corrected chi connectivity index (χ3v) is 6.06. The summed E-state index contributed by atoms with van der Waals surface area (Å²) >= 11 is 0. The molecule has 5 N–H and O–H groups in total. The lowest BCUT2D eigenvalue weighted by Gasteiger charge is -2.31. The van der Waals surface area contributed by atoms with Crippen LogP contribution in [-0.2, 0) is 10.9 Å². The molecule has 4 heterocycles. The van der Waals surface area contributed by atoms with Gasteiger partial charge in [-0.3, -0.25) is 14.1 Å². The van der Waals surface area contributed by atoms with Gasteiger partial charge in [0.25, 0.3) is 5.91 Å². The van der Waals surface area contributed by atoms with Crippen LogP contribution in [0.2, 0.25) is 0 Å². The van der Waals surface area contributed by atoms with Gasteiger partial charge in [0.2, 0.25) is 0 Å². The molecular weight excluding hydrogens is 489 g/mol. The Morgan fingerprint density at radius 3 is 2.68 bits per heavy atom. The molecule has 0 saturated carbocycles. The van der Waals surface area contributed by atoms with Crippen LogP contribution >= 0.6 is 0 Å². The van der Waals surface area contributed by atoms with E-state index in [2.05, 4.69) is 20.2 Å². The third kappa shape index (κ3) is 4.96. The lowest BCUT2D eigenvalue weighted by molar-refractivity contribution is -0.137. The second-order valence-electron chi connectivity index (χ2n) is 8.43. The van der Waals surface area contributed by atoms with Crippen molar-refractivity contribution in [3.8, 4) is 11.3 Å². The summed E-state index contributed by atoms with van der Waals surface area (Å²) in [4.78, 5) is 27.5. The highest BCUT2D eigenvalue weighted by Gasteiger charge is 2.31. The van der Waals surface area contributed by atoms with Crippen LogP contribution in [0.4, 0.5) is 24.8 Å². The zero-order valence-electron chi connectivity index (χ0n) is 19.4. The minimum absolute atomic E-state index is 0.202. The molecule has 1 amide bonds. The molecule has 1 saturated heterocycles. The fourth-order valence-corrected chi connectivity index (χ4v) is 4.18. The number of benzene rings is 1. The van der Waals surface area contributed by atoms with Crippen LogP contribution in [0.5, 0.6) is 0 Å². The number of morpholine rings is 1. The van der Waals surface area contributed by atoms with Crippen molar-refractivity contribution in [1.82, 2.24) is 24.3 Å². The fraction of sp³-hybridized carbons (Fsp3) is 0.250. The number of anilines is 2. The second kappa shape index (κ2) is 9.76. The fourth-order valence-electron chi connectivity index (χ4n) is 4.18. The molecule has 0 aliphatic carbocycles. The van der Waals surface area contributed by atoms with Crippen molar-refractivity contribution in [2.24, 2.45) is 5.73 Å². The normalized spacial score (nSPS) is 16.7. The molecule has 0 unspecified atom stereocenters. The van der Waals surface area contributed by atoms with Crippen LogP contribution in [0, 0.1) is 0 Å². The van der Waals surface area contributed by atoms with Crippen LogP contribution in [0.1, 0.15) is 27.8 Å². The number of ether oxygens (including phenoxy) is 1. The summed E-state index contributed by atoms with van der Waals surface area (Å²) in [7, 11) is 0. The van der Waals surface area contributed by atoms with E-state index in [-0.39, 0.29) is 23.3 Å². The van der Waals surface area contributed by atoms with E-state index in [1.807, 2.05) is 4.40 Å². The van der Waals surface area contributed by atoms with Crippen LogP contribution in [0.15, 0.2) is 55.0 Å². The van der Waals surface area contributed by atoms with E-state index in [4.69, 9.17) is 21.2 Å². The number of fused-ring (bicyclic) bond motifs is 1. The van der Waals surface area contributed by atoms with Gasteiger partial charge < -0.3 is 21.5 Å². The van der Waals surface area contributed by atoms with Gasteiger partial charge in [-0.1, -0.05) is 12.1 Å². The lowest BCUT2D eigenvalue weighted by atomic mass is 10.1. The average molecular weight is 512 g/mol. The van der Waals surface area contributed by atoms with Crippen molar-refractivity contribution < 1.29 is 22.7 Å². The number of carbonyl (C=O) groups is 1. The van der Waals surface area contributed by atoms with Crippen molar-refractivity contribution in [3.63, 3.8) is 0 Å². The number of amides is 1. The maximum atomic E-state index is 13.0. The molecule has 1 fully saturated rings. The number of nitrogen functional groups attached to an aromatic ring is 1. The van der Waals surface area contributed by atoms with Gasteiger partial charge in [0, 0.05) is 49.5 Å². The van der Waals surface area contributed by atoms with E-state index < -0.39 is 17.6 Å². The Bertz CT molecular complexity index is 1440. The Hall–Kier alpha value is -4.07. The Kier molecular flexibility index (Phi) is 6.50. The van der Waals surface area contributed by atoms with Crippen molar-refractivity contribution in [2.75, 3.05) is 37.4 Å². The van der Waals surface area contributed by atoms with E-state index >= 15 is 0 Å². The maximum Gasteiger partial charge on any atom is 0.416 e. The van der Waals surface area contributed by atoms with E-state index in [0.29, 0.717) is 42.4 Å². The predicted molar refractivity (Wildman–Crippen MR) is 129 cm³/mol. The number of hydrogen-bond acceptors (Lipinski definition) is 8. The lowest BCUT2D eigenvalue weighted by Crippen LogP contribution is -2.41. The van der Waals surface area contributed by atoms with E-state index in [1.54, 1.807) is 36.7 Å². The number of rotatable bonds is 5. The first-order chi connectivity index (χ1) is 17.7. The maximum absolute atomic E-state index is 13.0. The molecule has 1 aromatic carbocycles. The number of nitrogens with two attached hydrogens (primary N) is 2. The largest absolute Gasteiger partial charge is 0.416 e. The summed E-state index contributed by atoms with van der Waals surface area (Å²) < 4.78 is 46.7. The van der Waals surface area contributed by atoms with Crippen molar-refractivity contribution in [1.29, 1.82) is 0 Å². The molecular formula is C24H23F3N8O2. The summed E-state index contributed by atoms with van der Waals surface area (Å²) in [5, 5.41) is 2.39. The van der Waals surface area contributed by atoms with Crippen LogP contribution in [0.25, 0.3) is 16.8 Å². The zero-order valence-corrected chi connectivity index (χ0v) is 19.4. The number of carbonyl (C=O) groups excluding carboxylic acids is 1. The SMILES string of the molecule is NCN1CCO[C@@H](c2nc(-c3ccc(C(=O)Nc4cc(C(F)(F)F)ccn4)cc3)c3c(N)nccn23)C1. The highest BCUT2D eigenvalue weighted by atomic mass is 19.4. The molecule has 0 radical (unpaired) electrons. The number of aromatic nitrogens is 4. The molecule has 37 heavy (non-hydrogen) atoms. The number of pyridine rings is 1. The van der Waals surface area contributed by atoms with Gasteiger partial charge in [0.15, 0.2) is 0 Å². The summed E-state index contributed by atoms with van der Waals surface area (Å²) in [5.74, 6) is 0.119. The molecule has 1 aliphatic heterocycles. The quantitative estimate of drug-likeness (QED) is 0.371. The summed E-state index contributed by atoms with van der Waals surface area (Å²) in [6.45, 7) is 2.21. The van der Waals surface area contributed by atoms with E-state index in [9.17, 15) is 18.0 Å². The van der Waals surface area contributed by atoms with Crippen LogP contribution in [-0.4, -0.2) is 56.5 Å². The first-order valence-corrected chi connectivity index (χ1v) is 11.4. The number of imidazole rings is 1. The van der Waals surface area contributed by atoms with Gasteiger partial charge in [-0.2, -0.15) is 13.2 Å². The summed E-state index contributed by atoms with van der Waals surface area (Å²) in [6, 6.07) is 8.06. The average Bonchev–Trinajstić information content (AvgIpc) is 3.29. The number of alkyl halides is 3. The van der Waals surface area contributed by atoms with Crippen molar-refractivity contribution in [2.45, 2.75) is 12.3 Å². The number of hydrogen-bond donors (Lipinski definition) is 3. The van der Waals surface area contributed by atoms with Crippen molar-refractivity contribution in [3.05, 3.63) is 71.9 Å². The van der Waals surface area contributed by atoms with Gasteiger partial charge in [0.1, 0.15) is 34.8 Å².